The number of hydrogen-bond acceptors (Lipinski definition) is 5. The molecule has 0 saturated carbocycles. The highest BCUT2D eigenvalue weighted by Crippen LogP contribution is 2.51. The van der Waals surface area contributed by atoms with Crippen LogP contribution in [0.2, 0.25) is 0 Å². The summed E-state index contributed by atoms with van der Waals surface area (Å²) in [5.41, 5.74) is 39.6. The van der Waals surface area contributed by atoms with Crippen molar-refractivity contribution in [3.63, 3.8) is 0 Å². The van der Waals surface area contributed by atoms with Crippen molar-refractivity contribution in [3.8, 4) is 44.5 Å². The third-order valence-electron chi connectivity index (χ3n) is 21.4. The van der Waals surface area contributed by atoms with Gasteiger partial charge in [-0.05, 0) is 294 Å². The number of nitrogens with zero attached hydrogens (tertiary/aromatic N) is 5. The summed E-state index contributed by atoms with van der Waals surface area (Å²) in [6, 6.07) is 126. The third-order valence-corrected chi connectivity index (χ3v) is 21.4. The Morgan fingerprint density at radius 3 is 0.712 bits per heavy atom. The van der Waals surface area contributed by atoms with Gasteiger partial charge in [-0.2, -0.15) is 0 Å². The van der Waals surface area contributed by atoms with Crippen molar-refractivity contribution in [1.82, 2.24) is 0 Å². The van der Waals surface area contributed by atoms with E-state index in [0.717, 1.165) is 85.3 Å². The van der Waals surface area contributed by atoms with Crippen molar-refractivity contribution >= 4 is 108 Å². The highest BCUT2D eigenvalue weighted by Gasteiger charge is 2.45. The van der Waals surface area contributed by atoms with E-state index in [1.165, 1.54) is 105 Å². The first-order valence-electron chi connectivity index (χ1n) is 36.3. The lowest BCUT2D eigenvalue weighted by atomic mass is 9.33. The molecule has 500 valence electrons. The largest absolute Gasteiger partial charge is 0.311 e. The normalized spacial score (nSPS) is 12.0. The van der Waals surface area contributed by atoms with Crippen LogP contribution in [0.3, 0.4) is 0 Å². The molecule has 0 radical (unpaired) electrons. The Labute approximate surface area is 613 Å². The Balaban J connectivity index is 0.916. The molecule has 104 heavy (non-hydrogen) atoms. The van der Waals surface area contributed by atoms with Crippen molar-refractivity contribution in [2.45, 2.75) is 55.4 Å². The van der Waals surface area contributed by atoms with E-state index in [2.05, 4.69) is 420 Å². The van der Waals surface area contributed by atoms with Crippen LogP contribution >= 0.6 is 0 Å². The summed E-state index contributed by atoms with van der Waals surface area (Å²) in [5.74, 6) is 0. The Kier molecular flexibility index (Phi) is 16.8. The molecule has 0 spiro atoms. The zero-order valence-electron chi connectivity index (χ0n) is 60.1. The van der Waals surface area contributed by atoms with Crippen LogP contribution in [-0.2, 0) is 0 Å². The first kappa shape index (κ1) is 64.7. The Hall–Kier alpha value is -12.6. The minimum Gasteiger partial charge on any atom is -0.311 e. The van der Waals surface area contributed by atoms with Gasteiger partial charge in [-0.25, -0.2) is 0 Å². The van der Waals surface area contributed by atoms with Crippen LogP contribution in [-0.4, -0.2) is 6.71 Å². The predicted octanol–water partition coefficient (Wildman–Crippen LogP) is 25.3. The molecule has 6 heteroatoms. The Morgan fingerprint density at radius 2 is 0.433 bits per heavy atom. The fourth-order valence-corrected chi connectivity index (χ4v) is 16.8. The maximum absolute atomic E-state index is 2.55. The van der Waals surface area contributed by atoms with Crippen LogP contribution in [0, 0.1) is 55.4 Å². The van der Waals surface area contributed by atoms with Crippen molar-refractivity contribution in [2.24, 2.45) is 0 Å². The zero-order valence-corrected chi connectivity index (χ0v) is 60.1. The fourth-order valence-electron chi connectivity index (χ4n) is 16.8. The van der Waals surface area contributed by atoms with E-state index < -0.39 is 0 Å². The van der Waals surface area contributed by atoms with E-state index in [4.69, 9.17) is 0 Å². The number of anilines is 15. The van der Waals surface area contributed by atoms with Crippen molar-refractivity contribution in [3.05, 3.63) is 384 Å². The highest BCUT2D eigenvalue weighted by molar-refractivity contribution is 7.00. The van der Waals surface area contributed by atoms with Gasteiger partial charge >= 0.3 is 0 Å². The highest BCUT2D eigenvalue weighted by atomic mass is 15.2. The molecule has 0 N–H and O–H groups in total. The number of aryl methyl sites for hydroxylation is 8. The summed E-state index contributed by atoms with van der Waals surface area (Å²) in [6.45, 7) is 17.5. The third kappa shape index (κ3) is 11.6. The molecule has 0 saturated heterocycles. The quantitative estimate of drug-likeness (QED) is 0.0948. The lowest BCUT2D eigenvalue weighted by molar-refractivity contribution is 1.21. The zero-order chi connectivity index (χ0) is 70.7. The Morgan fingerprint density at radius 1 is 0.202 bits per heavy atom. The molecule has 0 amide bonds. The average Bonchev–Trinajstić information content (AvgIpc) is 0.693. The first-order valence-corrected chi connectivity index (χ1v) is 36.3. The second-order valence-corrected chi connectivity index (χ2v) is 28.1. The number of hydrogen-bond donors (Lipinski definition) is 0. The van der Waals surface area contributed by atoms with Gasteiger partial charge in [-0.15, -0.1) is 0 Å². The predicted molar refractivity (Wildman–Crippen MR) is 444 cm³/mol. The van der Waals surface area contributed by atoms with Crippen molar-refractivity contribution < 1.29 is 0 Å². The monoisotopic (exact) mass is 1340 g/mol. The van der Waals surface area contributed by atoms with Crippen LogP contribution in [0.25, 0.3) is 44.5 Å². The molecule has 0 bridgehead atoms. The van der Waals surface area contributed by atoms with Gasteiger partial charge in [0.15, 0.2) is 0 Å². The van der Waals surface area contributed by atoms with E-state index in [1.54, 1.807) is 0 Å². The molecule has 2 aliphatic rings. The molecule has 2 aliphatic heterocycles. The van der Waals surface area contributed by atoms with Gasteiger partial charge in [-0.1, -0.05) is 206 Å². The van der Waals surface area contributed by atoms with Crippen LogP contribution < -0.4 is 40.9 Å². The lowest BCUT2D eigenvalue weighted by Crippen LogP contribution is -2.61. The maximum Gasteiger partial charge on any atom is 0.252 e. The van der Waals surface area contributed by atoms with E-state index in [1.807, 2.05) is 0 Å². The van der Waals surface area contributed by atoms with E-state index in [0.29, 0.717) is 0 Å². The maximum atomic E-state index is 2.55. The summed E-state index contributed by atoms with van der Waals surface area (Å²) in [6.07, 6.45) is 0. The Bertz CT molecular complexity index is 5080. The minimum atomic E-state index is -0.215. The summed E-state index contributed by atoms with van der Waals surface area (Å²) in [5, 5.41) is 0. The molecule has 0 unspecified atom stereocenters. The molecule has 15 aromatic rings. The van der Waals surface area contributed by atoms with Gasteiger partial charge in [-0.3, -0.25) is 0 Å². The molecular formula is C98H80BN5. The summed E-state index contributed by atoms with van der Waals surface area (Å²) in [4.78, 5) is 12.4. The second kappa shape index (κ2) is 27.0. The van der Waals surface area contributed by atoms with Crippen LogP contribution in [0.5, 0.6) is 0 Å². The number of para-hydroxylation sites is 4. The van der Waals surface area contributed by atoms with Gasteiger partial charge in [0, 0.05) is 79.6 Å². The van der Waals surface area contributed by atoms with Gasteiger partial charge < -0.3 is 24.5 Å². The molecule has 2 heterocycles. The van der Waals surface area contributed by atoms with E-state index in [-0.39, 0.29) is 6.71 Å². The van der Waals surface area contributed by atoms with Crippen molar-refractivity contribution in [1.29, 1.82) is 0 Å². The van der Waals surface area contributed by atoms with Gasteiger partial charge in [0.1, 0.15) is 0 Å². The minimum absolute atomic E-state index is 0.215. The fraction of sp³-hybridized carbons (Fsp3) is 0.0816. The molecule has 5 nitrogen and oxygen atoms in total. The SMILES string of the molecule is Cc1cccc(C)c1-c1ccc(N(c2ccc(-c3c(C)cccc3C)cc2)c2ccc3c(c2)N(c2ccccc2)c2cc(N(c4ccccc4)c4ccccc4)cc4c2B3c2ccc(N(c3ccc(-c5c(C)cccc5C)cc3)c3ccc(-c5c(C)cccc5C)cc3)cc2N4c2ccccc2)cc1. The molecule has 0 aromatic heterocycles. The molecule has 0 atom stereocenters. The number of fused-ring (bicyclic) bond motifs is 4. The van der Waals surface area contributed by atoms with Crippen LogP contribution in [0.15, 0.2) is 340 Å². The van der Waals surface area contributed by atoms with Crippen LogP contribution in [0.1, 0.15) is 44.5 Å². The molecule has 15 aromatic carbocycles. The van der Waals surface area contributed by atoms with Crippen molar-refractivity contribution in [2.75, 3.05) is 24.5 Å². The number of benzene rings is 15. The number of rotatable bonds is 15. The second-order valence-electron chi connectivity index (χ2n) is 28.1. The van der Waals surface area contributed by atoms with E-state index >= 15 is 0 Å². The molecular weight excluding hydrogens is 1260 g/mol. The van der Waals surface area contributed by atoms with Gasteiger partial charge in [0.2, 0.25) is 0 Å². The molecule has 0 fully saturated rings. The first-order chi connectivity index (χ1) is 50.9. The summed E-state index contributed by atoms with van der Waals surface area (Å²) in [7, 11) is 0. The molecule has 17 rings (SSSR count). The van der Waals surface area contributed by atoms with Gasteiger partial charge in [0.25, 0.3) is 6.71 Å². The van der Waals surface area contributed by atoms with Gasteiger partial charge in [0.05, 0.1) is 5.69 Å². The average molecular weight is 1340 g/mol. The summed E-state index contributed by atoms with van der Waals surface area (Å²) < 4.78 is 0. The van der Waals surface area contributed by atoms with E-state index in [9.17, 15) is 0 Å². The lowest BCUT2D eigenvalue weighted by Gasteiger charge is -2.45. The summed E-state index contributed by atoms with van der Waals surface area (Å²) >= 11 is 0. The topological polar surface area (TPSA) is 16.2 Å². The molecule has 0 aliphatic carbocycles. The smallest absolute Gasteiger partial charge is 0.252 e. The van der Waals surface area contributed by atoms with Crippen LogP contribution in [0.4, 0.5) is 85.3 Å². The standard InChI is InChI=1S/C98H80BN5/c1-65-25-21-26-66(2)94(65)73-41-49-81(50-42-73)100(82-51-43-74(44-52-82)95-67(3)27-22-28-68(95)4)85-57-59-88-90(61-85)103(79-37-17-11-18-38-79)92-63-87(102(77-33-13-9-14-34-77)78-35-15-10-16-36-78)64-93-98(92)99(88)89-60-58-86(62-91(89)104(93)80-39-19-12-20-40-80)101(83-53-45-75(46-54-83)96-69(5)29-23-30-70(96)6)84-55-47-76(48-56-84)97-71(7)31-24-32-72(97)8/h9-64H,1-8H3.